The third-order valence-electron chi connectivity index (χ3n) is 2.47. The smallest absolute Gasteiger partial charge is 0.256 e. The molecule has 1 aromatic carbocycles. The molecule has 0 fully saturated rings. The molecule has 0 saturated heterocycles. The van der Waals surface area contributed by atoms with Crippen LogP contribution in [0.25, 0.3) is 0 Å². The van der Waals surface area contributed by atoms with E-state index in [1.807, 2.05) is 19.1 Å². The number of halogens is 2. The standard InChI is InChI=1S/C13H10BrClN2O/c1-8-6-7-16-12(15)11(8)17-13(18)9-4-2-3-5-10(9)14/h2-7H,1H3,(H,17,18). The van der Waals surface area contributed by atoms with Gasteiger partial charge in [0.25, 0.3) is 5.91 Å². The number of hydrogen-bond acceptors (Lipinski definition) is 2. The molecule has 0 aliphatic carbocycles. The summed E-state index contributed by atoms with van der Waals surface area (Å²) in [5.41, 5.74) is 1.96. The maximum absolute atomic E-state index is 12.1. The van der Waals surface area contributed by atoms with Crippen molar-refractivity contribution in [3.8, 4) is 0 Å². The topological polar surface area (TPSA) is 42.0 Å². The first-order valence-electron chi connectivity index (χ1n) is 5.26. The number of nitrogens with one attached hydrogen (secondary N) is 1. The highest BCUT2D eigenvalue weighted by atomic mass is 79.9. The van der Waals surface area contributed by atoms with Crippen molar-refractivity contribution in [1.82, 2.24) is 4.98 Å². The van der Waals surface area contributed by atoms with E-state index in [-0.39, 0.29) is 11.1 Å². The van der Waals surface area contributed by atoms with Crippen molar-refractivity contribution >= 4 is 39.1 Å². The first kappa shape index (κ1) is 13.1. The zero-order valence-corrected chi connectivity index (χ0v) is 11.9. The summed E-state index contributed by atoms with van der Waals surface area (Å²) in [6.07, 6.45) is 1.60. The summed E-state index contributed by atoms with van der Waals surface area (Å²) in [6.45, 7) is 1.86. The highest BCUT2D eigenvalue weighted by Gasteiger charge is 2.13. The molecule has 92 valence electrons. The van der Waals surface area contributed by atoms with E-state index in [1.54, 1.807) is 24.4 Å². The second-order valence-electron chi connectivity index (χ2n) is 3.73. The molecule has 1 heterocycles. The fraction of sp³-hybridized carbons (Fsp3) is 0.0769. The van der Waals surface area contributed by atoms with Crippen LogP contribution in [0.15, 0.2) is 41.0 Å². The lowest BCUT2D eigenvalue weighted by Gasteiger charge is -2.10. The third-order valence-corrected chi connectivity index (χ3v) is 3.45. The fourth-order valence-corrected chi connectivity index (χ4v) is 2.22. The van der Waals surface area contributed by atoms with Gasteiger partial charge >= 0.3 is 0 Å². The average molecular weight is 326 g/mol. The van der Waals surface area contributed by atoms with Crippen LogP contribution in [0.3, 0.4) is 0 Å². The number of aromatic nitrogens is 1. The van der Waals surface area contributed by atoms with E-state index >= 15 is 0 Å². The van der Waals surface area contributed by atoms with Gasteiger partial charge in [-0.05, 0) is 46.6 Å². The lowest BCUT2D eigenvalue weighted by Crippen LogP contribution is -2.14. The number of rotatable bonds is 2. The number of nitrogens with zero attached hydrogens (tertiary/aromatic N) is 1. The molecule has 18 heavy (non-hydrogen) atoms. The Bertz CT molecular complexity index is 581. The molecule has 0 bridgehead atoms. The lowest BCUT2D eigenvalue weighted by molar-refractivity contribution is 0.102. The maximum atomic E-state index is 12.1. The number of pyridine rings is 1. The molecule has 0 aliphatic heterocycles. The van der Waals surface area contributed by atoms with Crippen molar-refractivity contribution in [2.24, 2.45) is 0 Å². The van der Waals surface area contributed by atoms with Crippen molar-refractivity contribution < 1.29 is 4.79 Å². The first-order chi connectivity index (χ1) is 8.59. The van der Waals surface area contributed by atoms with Crippen molar-refractivity contribution in [1.29, 1.82) is 0 Å². The molecule has 2 aromatic rings. The van der Waals surface area contributed by atoms with Gasteiger partial charge < -0.3 is 5.32 Å². The van der Waals surface area contributed by atoms with Crippen LogP contribution in [0.4, 0.5) is 5.69 Å². The summed E-state index contributed by atoms with van der Waals surface area (Å²) in [4.78, 5) is 16.1. The molecule has 1 N–H and O–H groups in total. The molecule has 0 saturated carbocycles. The van der Waals surface area contributed by atoms with Gasteiger partial charge in [-0.3, -0.25) is 4.79 Å². The van der Waals surface area contributed by atoms with Crippen LogP contribution in [0, 0.1) is 6.92 Å². The van der Waals surface area contributed by atoms with Crippen molar-refractivity contribution in [3.63, 3.8) is 0 Å². The fourth-order valence-electron chi connectivity index (χ4n) is 1.50. The van der Waals surface area contributed by atoms with Crippen LogP contribution in [0.5, 0.6) is 0 Å². The highest BCUT2D eigenvalue weighted by molar-refractivity contribution is 9.10. The molecule has 0 radical (unpaired) electrons. The van der Waals surface area contributed by atoms with Gasteiger partial charge in [0.2, 0.25) is 0 Å². The van der Waals surface area contributed by atoms with Crippen LogP contribution in [-0.2, 0) is 0 Å². The van der Waals surface area contributed by atoms with E-state index in [4.69, 9.17) is 11.6 Å². The van der Waals surface area contributed by atoms with E-state index in [1.165, 1.54) is 0 Å². The van der Waals surface area contributed by atoms with E-state index in [9.17, 15) is 4.79 Å². The van der Waals surface area contributed by atoms with Crippen LogP contribution in [0.2, 0.25) is 5.15 Å². The normalized spacial score (nSPS) is 10.2. The monoisotopic (exact) mass is 324 g/mol. The van der Waals surface area contributed by atoms with Crippen LogP contribution < -0.4 is 5.32 Å². The quantitative estimate of drug-likeness (QED) is 0.846. The number of amides is 1. The molecular formula is C13H10BrClN2O. The Hall–Kier alpha value is -1.39. The molecule has 0 spiro atoms. The Labute approximate surface area is 118 Å². The molecule has 2 rings (SSSR count). The van der Waals surface area contributed by atoms with E-state index < -0.39 is 0 Å². The van der Waals surface area contributed by atoms with Crippen LogP contribution in [0.1, 0.15) is 15.9 Å². The van der Waals surface area contributed by atoms with Crippen LogP contribution >= 0.6 is 27.5 Å². The van der Waals surface area contributed by atoms with Gasteiger partial charge in [-0.25, -0.2) is 4.98 Å². The maximum Gasteiger partial charge on any atom is 0.256 e. The van der Waals surface area contributed by atoms with Gasteiger partial charge in [-0.15, -0.1) is 0 Å². The minimum atomic E-state index is -0.222. The van der Waals surface area contributed by atoms with Gasteiger partial charge in [0, 0.05) is 10.7 Å². The summed E-state index contributed by atoms with van der Waals surface area (Å²) >= 11 is 9.30. The molecular weight excluding hydrogens is 316 g/mol. The zero-order valence-electron chi connectivity index (χ0n) is 9.58. The highest BCUT2D eigenvalue weighted by Crippen LogP contribution is 2.24. The molecule has 1 amide bonds. The van der Waals surface area contributed by atoms with Gasteiger partial charge in [0.1, 0.15) is 0 Å². The summed E-state index contributed by atoms with van der Waals surface area (Å²) < 4.78 is 0.736. The van der Waals surface area contributed by atoms with Crippen molar-refractivity contribution in [3.05, 3.63) is 57.3 Å². The molecule has 1 aromatic heterocycles. The predicted molar refractivity (Wildman–Crippen MR) is 76.1 cm³/mol. The Balaban J connectivity index is 2.30. The summed E-state index contributed by atoms with van der Waals surface area (Å²) in [6, 6.07) is 8.99. The third kappa shape index (κ3) is 2.71. The number of benzene rings is 1. The molecule has 0 aliphatic rings. The largest absolute Gasteiger partial charge is 0.319 e. The number of aryl methyl sites for hydroxylation is 1. The Morgan fingerprint density at radius 1 is 1.33 bits per heavy atom. The van der Waals surface area contributed by atoms with Gasteiger partial charge in [0.15, 0.2) is 5.15 Å². The van der Waals surface area contributed by atoms with Gasteiger partial charge in [-0.1, -0.05) is 23.7 Å². The average Bonchev–Trinajstić information content (AvgIpc) is 2.34. The minimum Gasteiger partial charge on any atom is -0.319 e. The van der Waals surface area contributed by atoms with Gasteiger partial charge in [-0.2, -0.15) is 0 Å². The Morgan fingerprint density at radius 2 is 2.06 bits per heavy atom. The first-order valence-corrected chi connectivity index (χ1v) is 6.43. The second kappa shape index (κ2) is 5.50. The van der Waals surface area contributed by atoms with E-state index in [0.29, 0.717) is 11.3 Å². The number of hydrogen-bond donors (Lipinski definition) is 1. The molecule has 3 nitrogen and oxygen atoms in total. The number of carbonyl (C=O) groups is 1. The number of anilines is 1. The molecule has 0 unspecified atom stereocenters. The predicted octanol–water partition coefficient (Wildman–Crippen LogP) is 4.06. The number of carbonyl (C=O) groups excluding carboxylic acids is 1. The zero-order chi connectivity index (χ0) is 13.1. The molecule has 0 atom stereocenters. The summed E-state index contributed by atoms with van der Waals surface area (Å²) in [7, 11) is 0. The lowest BCUT2D eigenvalue weighted by atomic mass is 10.2. The Morgan fingerprint density at radius 3 is 2.72 bits per heavy atom. The second-order valence-corrected chi connectivity index (χ2v) is 4.94. The van der Waals surface area contributed by atoms with E-state index in [0.717, 1.165) is 10.0 Å². The summed E-state index contributed by atoms with van der Waals surface area (Å²) in [5.74, 6) is -0.222. The summed E-state index contributed by atoms with van der Waals surface area (Å²) in [5, 5.41) is 3.06. The minimum absolute atomic E-state index is 0.222. The molecule has 5 heteroatoms. The van der Waals surface area contributed by atoms with Gasteiger partial charge in [0.05, 0.1) is 11.3 Å². The van der Waals surface area contributed by atoms with E-state index in [2.05, 4.69) is 26.2 Å². The van der Waals surface area contributed by atoms with Crippen molar-refractivity contribution in [2.45, 2.75) is 6.92 Å². The SMILES string of the molecule is Cc1ccnc(Cl)c1NC(=O)c1ccccc1Br. The Kier molecular flexibility index (Phi) is 3.99. The van der Waals surface area contributed by atoms with Crippen molar-refractivity contribution in [2.75, 3.05) is 5.32 Å². The van der Waals surface area contributed by atoms with Crippen LogP contribution in [-0.4, -0.2) is 10.9 Å².